The van der Waals surface area contributed by atoms with Crippen LogP contribution in [0.4, 0.5) is 42.5 Å². The number of halogens is 7. The third-order valence-corrected chi connectivity index (χ3v) is 5.40. The molecule has 0 fully saturated rings. The quantitative estimate of drug-likeness (QED) is 0.523. The number of amides is 2. The molecule has 33 heavy (non-hydrogen) atoms. The van der Waals surface area contributed by atoms with Crippen molar-refractivity contribution < 1.29 is 35.9 Å². The van der Waals surface area contributed by atoms with E-state index in [4.69, 9.17) is 16.3 Å². The molecule has 1 aliphatic heterocycles. The first kappa shape index (κ1) is 22.9. The largest absolute Gasteiger partial charge is 0.493 e. The van der Waals surface area contributed by atoms with Gasteiger partial charge >= 0.3 is 18.4 Å². The summed E-state index contributed by atoms with van der Waals surface area (Å²) in [6, 6.07) is 0.633. The van der Waals surface area contributed by atoms with Gasteiger partial charge in [-0.05, 0) is 13.0 Å². The third kappa shape index (κ3) is 3.67. The van der Waals surface area contributed by atoms with Gasteiger partial charge in [-0.25, -0.2) is 19.3 Å². The Balaban J connectivity index is 1.79. The maximum atomic E-state index is 14.1. The van der Waals surface area contributed by atoms with Crippen LogP contribution < -0.4 is 15.0 Å². The second kappa shape index (κ2) is 7.37. The molecule has 2 amide bonds. The van der Waals surface area contributed by atoms with Crippen molar-refractivity contribution in [1.29, 1.82) is 0 Å². The second-order valence-electron chi connectivity index (χ2n) is 7.34. The fourth-order valence-electron chi connectivity index (χ4n) is 3.53. The van der Waals surface area contributed by atoms with Crippen LogP contribution in [0.3, 0.4) is 0 Å². The number of hydrogen-bond donors (Lipinski definition) is 1. The molecule has 1 unspecified atom stereocenters. The molecule has 0 spiro atoms. The van der Waals surface area contributed by atoms with Crippen LogP contribution in [0.25, 0.3) is 5.65 Å². The van der Waals surface area contributed by atoms with Crippen molar-refractivity contribution >= 4 is 34.7 Å². The molecule has 1 aliphatic rings. The summed E-state index contributed by atoms with van der Waals surface area (Å²) in [5, 5.41) is 5.91. The number of carbonyl (C=O) groups excluding carboxylic acids is 1. The van der Waals surface area contributed by atoms with Crippen LogP contribution in [-0.2, 0) is 11.6 Å². The van der Waals surface area contributed by atoms with Gasteiger partial charge in [0.1, 0.15) is 11.1 Å². The van der Waals surface area contributed by atoms with Gasteiger partial charge in [-0.1, -0.05) is 11.6 Å². The monoisotopic (exact) mass is 494 g/mol. The van der Waals surface area contributed by atoms with Gasteiger partial charge in [0.25, 0.3) is 0 Å². The van der Waals surface area contributed by atoms with Gasteiger partial charge in [-0.3, -0.25) is 4.90 Å². The number of urea groups is 1. The standard InChI is InChI=1S/C18H13ClF6N6O2/c1-16(18(23,24)25)7-30(9-5-27-13-4-12(19)29-31(13)14(9)16)15(32)28-8-3-11(17(20,21)22)26-6-10(8)33-2/h3-6H,7H2,1-2H3,(H,26,28,32). The van der Waals surface area contributed by atoms with Crippen LogP contribution in [0.5, 0.6) is 5.75 Å². The molecule has 4 heterocycles. The Hall–Kier alpha value is -3.29. The minimum Gasteiger partial charge on any atom is -0.493 e. The van der Waals surface area contributed by atoms with E-state index in [0.717, 1.165) is 35.8 Å². The normalized spacial score (nSPS) is 18.5. The molecule has 0 saturated carbocycles. The van der Waals surface area contributed by atoms with E-state index in [1.54, 1.807) is 0 Å². The van der Waals surface area contributed by atoms with Crippen LogP contribution in [0.1, 0.15) is 18.3 Å². The first-order valence-electron chi connectivity index (χ1n) is 9.07. The first-order chi connectivity index (χ1) is 15.3. The number of rotatable bonds is 2. The minimum absolute atomic E-state index is 0.0297. The van der Waals surface area contributed by atoms with E-state index in [9.17, 15) is 31.1 Å². The maximum absolute atomic E-state index is 14.1. The van der Waals surface area contributed by atoms with E-state index < -0.39 is 41.7 Å². The summed E-state index contributed by atoms with van der Waals surface area (Å²) in [7, 11) is 1.13. The number of nitrogens with zero attached hydrogens (tertiary/aromatic N) is 5. The lowest BCUT2D eigenvalue weighted by Crippen LogP contribution is -2.46. The van der Waals surface area contributed by atoms with Crippen molar-refractivity contribution in [2.24, 2.45) is 0 Å². The number of nitrogens with one attached hydrogen (secondary N) is 1. The predicted molar refractivity (Wildman–Crippen MR) is 104 cm³/mol. The molecular weight excluding hydrogens is 482 g/mol. The number of anilines is 2. The van der Waals surface area contributed by atoms with Gasteiger partial charge in [0.15, 0.2) is 16.5 Å². The fourth-order valence-corrected chi connectivity index (χ4v) is 3.71. The van der Waals surface area contributed by atoms with Crippen LogP contribution in [0.15, 0.2) is 24.5 Å². The SMILES string of the molecule is COc1cnc(C(F)(F)F)cc1NC(=O)N1CC(C)(C(F)(F)F)c2c1cnc1cc(Cl)nn21. The Morgan fingerprint density at radius 3 is 2.48 bits per heavy atom. The third-order valence-electron chi connectivity index (χ3n) is 5.21. The number of hydrogen-bond acceptors (Lipinski definition) is 5. The van der Waals surface area contributed by atoms with Gasteiger partial charge in [0.05, 0.1) is 36.6 Å². The number of ether oxygens (including phenoxy) is 1. The molecule has 1 N–H and O–H groups in total. The zero-order valence-electron chi connectivity index (χ0n) is 16.7. The van der Waals surface area contributed by atoms with Crippen molar-refractivity contribution in [2.75, 3.05) is 23.9 Å². The highest BCUT2D eigenvalue weighted by atomic mass is 35.5. The molecule has 176 valence electrons. The van der Waals surface area contributed by atoms with E-state index >= 15 is 0 Å². The molecular formula is C18H13ClF6N6O2. The van der Waals surface area contributed by atoms with Gasteiger partial charge < -0.3 is 10.1 Å². The number of fused-ring (bicyclic) bond motifs is 3. The molecule has 0 saturated heterocycles. The molecule has 0 bridgehead atoms. The zero-order valence-corrected chi connectivity index (χ0v) is 17.5. The van der Waals surface area contributed by atoms with Crippen molar-refractivity contribution in [1.82, 2.24) is 19.6 Å². The summed E-state index contributed by atoms with van der Waals surface area (Å²) < 4.78 is 87.3. The lowest BCUT2D eigenvalue weighted by Gasteiger charge is -2.28. The molecule has 4 rings (SSSR count). The van der Waals surface area contributed by atoms with E-state index in [0.29, 0.717) is 6.07 Å². The van der Waals surface area contributed by atoms with E-state index in [1.807, 2.05) is 0 Å². The Bertz CT molecular complexity index is 1260. The fraction of sp³-hybridized carbons (Fsp3) is 0.333. The Labute approximate surface area is 186 Å². The highest BCUT2D eigenvalue weighted by molar-refractivity contribution is 6.29. The smallest absolute Gasteiger partial charge is 0.433 e. The van der Waals surface area contributed by atoms with E-state index in [-0.39, 0.29) is 27.9 Å². The van der Waals surface area contributed by atoms with Gasteiger partial charge in [0, 0.05) is 12.6 Å². The molecule has 8 nitrogen and oxygen atoms in total. The van der Waals surface area contributed by atoms with Gasteiger partial charge in [0.2, 0.25) is 0 Å². The molecule has 0 radical (unpaired) electrons. The lowest BCUT2D eigenvalue weighted by molar-refractivity contribution is -0.181. The van der Waals surface area contributed by atoms with Crippen molar-refractivity contribution in [3.8, 4) is 5.75 Å². The highest BCUT2D eigenvalue weighted by Gasteiger charge is 2.60. The predicted octanol–water partition coefficient (Wildman–Crippen LogP) is 4.68. The second-order valence-corrected chi connectivity index (χ2v) is 7.73. The van der Waals surface area contributed by atoms with E-state index in [2.05, 4.69) is 20.4 Å². The van der Waals surface area contributed by atoms with Crippen molar-refractivity contribution in [3.05, 3.63) is 41.1 Å². The van der Waals surface area contributed by atoms with Crippen molar-refractivity contribution in [2.45, 2.75) is 24.7 Å². The molecule has 0 aromatic carbocycles. The molecule has 0 aliphatic carbocycles. The summed E-state index contributed by atoms with van der Waals surface area (Å²) in [4.78, 5) is 20.9. The zero-order chi connectivity index (χ0) is 24.3. The maximum Gasteiger partial charge on any atom is 0.433 e. The average molecular weight is 495 g/mol. The molecule has 15 heteroatoms. The van der Waals surface area contributed by atoms with Crippen LogP contribution >= 0.6 is 11.6 Å². The number of aromatic nitrogens is 4. The number of methoxy groups -OCH3 is 1. The van der Waals surface area contributed by atoms with Crippen LogP contribution in [0.2, 0.25) is 5.15 Å². The summed E-state index contributed by atoms with van der Waals surface area (Å²) >= 11 is 5.83. The summed E-state index contributed by atoms with van der Waals surface area (Å²) in [5.74, 6) is -0.221. The van der Waals surface area contributed by atoms with E-state index in [1.165, 1.54) is 6.07 Å². The minimum atomic E-state index is -4.82. The summed E-state index contributed by atoms with van der Waals surface area (Å²) in [5.41, 5.74) is -4.92. The number of carbonyl (C=O) groups is 1. The number of pyridine rings is 1. The lowest BCUT2D eigenvalue weighted by atomic mass is 9.88. The average Bonchev–Trinajstić information content (AvgIpc) is 3.24. The highest BCUT2D eigenvalue weighted by Crippen LogP contribution is 2.50. The summed E-state index contributed by atoms with van der Waals surface area (Å²) in [6.45, 7) is -0.00160. The molecule has 1 atom stereocenters. The Kier molecular flexibility index (Phi) is 5.11. The van der Waals surface area contributed by atoms with Crippen LogP contribution in [-0.4, -0.2) is 45.4 Å². The van der Waals surface area contributed by atoms with Gasteiger partial charge in [-0.2, -0.15) is 31.4 Å². The van der Waals surface area contributed by atoms with Crippen molar-refractivity contribution in [3.63, 3.8) is 0 Å². The Morgan fingerprint density at radius 1 is 1.18 bits per heavy atom. The molecule has 3 aromatic heterocycles. The topological polar surface area (TPSA) is 84.6 Å². The Morgan fingerprint density at radius 2 is 1.88 bits per heavy atom. The van der Waals surface area contributed by atoms with Gasteiger partial charge in [-0.15, -0.1) is 0 Å². The first-order valence-corrected chi connectivity index (χ1v) is 9.45. The van der Waals surface area contributed by atoms with Crippen LogP contribution in [0, 0.1) is 0 Å². The molecule has 3 aromatic rings. The number of alkyl halides is 6. The summed E-state index contributed by atoms with van der Waals surface area (Å²) in [6.07, 6.45) is -7.85.